The quantitative estimate of drug-likeness (QED) is 0.737. The molecule has 2 aliphatic heterocycles. The van der Waals surface area contributed by atoms with Gasteiger partial charge in [-0.3, -0.25) is 9.59 Å². The maximum atomic E-state index is 13.1. The van der Waals surface area contributed by atoms with E-state index in [-0.39, 0.29) is 29.2 Å². The molecule has 9 heteroatoms. The molecule has 0 bridgehead atoms. The van der Waals surface area contributed by atoms with Gasteiger partial charge < -0.3 is 10.2 Å². The SMILES string of the molecule is O=C(NCc1cccs1)[C@H]1CCCN(S(=O)(=O)c2ccc(N3CCCC3=O)cc2)C1. The highest BCUT2D eigenvalue weighted by Crippen LogP contribution is 2.27. The zero-order chi connectivity index (χ0) is 21.1. The van der Waals surface area contributed by atoms with Crippen molar-refractivity contribution < 1.29 is 18.0 Å². The molecule has 3 heterocycles. The van der Waals surface area contributed by atoms with E-state index in [0.29, 0.717) is 38.9 Å². The second-order valence-corrected chi connectivity index (χ2v) is 10.6. The monoisotopic (exact) mass is 447 g/mol. The highest BCUT2D eigenvalue weighted by molar-refractivity contribution is 7.89. The average Bonchev–Trinajstić information content (AvgIpc) is 3.44. The molecule has 1 atom stereocenters. The molecular formula is C21H25N3O4S2. The summed E-state index contributed by atoms with van der Waals surface area (Å²) in [5, 5.41) is 4.88. The molecule has 0 aliphatic carbocycles. The van der Waals surface area contributed by atoms with Crippen LogP contribution in [0.3, 0.4) is 0 Å². The Bertz CT molecular complexity index is 1000. The van der Waals surface area contributed by atoms with Crippen LogP contribution in [0.5, 0.6) is 0 Å². The first-order valence-electron chi connectivity index (χ1n) is 10.2. The maximum absolute atomic E-state index is 13.1. The Morgan fingerprint density at radius 3 is 2.60 bits per heavy atom. The molecule has 2 fully saturated rings. The molecule has 0 saturated carbocycles. The van der Waals surface area contributed by atoms with Gasteiger partial charge in [0.15, 0.2) is 0 Å². The number of piperidine rings is 1. The van der Waals surface area contributed by atoms with Gasteiger partial charge in [-0.25, -0.2) is 8.42 Å². The van der Waals surface area contributed by atoms with Gasteiger partial charge in [0.05, 0.1) is 17.4 Å². The van der Waals surface area contributed by atoms with Crippen LogP contribution in [-0.2, 0) is 26.2 Å². The minimum absolute atomic E-state index is 0.0676. The van der Waals surface area contributed by atoms with E-state index in [0.717, 1.165) is 17.0 Å². The molecule has 4 rings (SSSR count). The smallest absolute Gasteiger partial charge is 0.243 e. The van der Waals surface area contributed by atoms with E-state index in [1.165, 1.54) is 4.31 Å². The number of hydrogen-bond donors (Lipinski definition) is 1. The number of carbonyl (C=O) groups excluding carboxylic acids is 2. The highest BCUT2D eigenvalue weighted by atomic mass is 32.2. The Labute approximate surface area is 180 Å². The summed E-state index contributed by atoms with van der Waals surface area (Å²) in [6.45, 7) is 1.73. The van der Waals surface area contributed by atoms with Gasteiger partial charge in [0.1, 0.15) is 0 Å². The van der Waals surface area contributed by atoms with E-state index in [2.05, 4.69) is 5.32 Å². The molecular weight excluding hydrogens is 422 g/mol. The van der Waals surface area contributed by atoms with Crippen LogP contribution in [0.1, 0.15) is 30.6 Å². The van der Waals surface area contributed by atoms with Crippen molar-refractivity contribution in [1.29, 1.82) is 0 Å². The van der Waals surface area contributed by atoms with E-state index in [9.17, 15) is 18.0 Å². The van der Waals surface area contributed by atoms with Crippen molar-refractivity contribution >= 4 is 38.9 Å². The summed E-state index contributed by atoms with van der Waals surface area (Å²) in [6.07, 6.45) is 2.68. The number of benzene rings is 1. The Morgan fingerprint density at radius 1 is 1.13 bits per heavy atom. The zero-order valence-corrected chi connectivity index (χ0v) is 18.3. The van der Waals surface area contributed by atoms with E-state index >= 15 is 0 Å². The lowest BCUT2D eigenvalue weighted by atomic mass is 9.99. The van der Waals surface area contributed by atoms with Crippen LogP contribution in [0.2, 0.25) is 0 Å². The van der Waals surface area contributed by atoms with Gasteiger partial charge in [0, 0.05) is 36.6 Å². The second kappa shape index (κ2) is 8.87. The van der Waals surface area contributed by atoms with Gasteiger partial charge in [0.2, 0.25) is 21.8 Å². The predicted molar refractivity (Wildman–Crippen MR) is 116 cm³/mol. The first kappa shape index (κ1) is 21.0. The molecule has 1 aromatic carbocycles. The fourth-order valence-corrected chi connectivity index (χ4v) is 6.14. The third-order valence-electron chi connectivity index (χ3n) is 5.63. The third kappa shape index (κ3) is 4.43. The molecule has 30 heavy (non-hydrogen) atoms. The van der Waals surface area contributed by atoms with E-state index in [1.54, 1.807) is 40.5 Å². The fraction of sp³-hybridized carbons (Fsp3) is 0.429. The first-order chi connectivity index (χ1) is 14.4. The highest BCUT2D eigenvalue weighted by Gasteiger charge is 2.33. The van der Waals surface area contributed by atoms with Crippen molar-refractivity contribution in [2.75, 3.05) is 24.5 Å². The van der Waals surface area contributed by atoms with Gasteiger partial charge in [-0.1, -0.05) is 6.07 Å². The van der Waals surface area contributed by atoms with E-state index in [1.807, 2.05) is 17.5 Å². The van der Waals surface area contributed by atoms with Crippen molar-refractivity contribution in [1.82, 2.24) is 9.62 Å². The third-order valence-corrected chi connectivity index (χ3v) is 8.39. The van der Waals surface area contributed by atoms with Crippen molar-refractivity contribution in [3.8, 4) is 0 Å². The summed E-state index contributed by atoms with van der Waals surface area (Å²) in [4.78, 5) is 27.4. The van der Waals surface area contributed by atoms with E-state index in [4.69, 9.17) is 0 Å². The van der Waals surface area contributed by atoms with Crippen LogP contribution in [-0.4, -0.2) is 44.2 Å². The molecule has 1 aromatic heterocycles. The summed E-state index contributed by atoms with van der Waals surface area (Å²) < 4.78 is 27.6. The standard InChI is InChI=1S/C21H25N3O4S2/c25-20-6-2-12-24(20)17-7-9-19(10-8-17)30(27,28)23-11-1-4-16(15-23)21(26)22-14-18-5-3-13-29-18/h3,5,7-10,13,16H,1-2,4,6,11-12,14-15H2,(H,22,26)/t16-/m0/s1. The minimum atomic E-state index is -3.69. The lowest BCUT2D eigenvalue weighted by Crippen LogP contribution is -2.45. The molecule has 1 N–H and O–H groups in total. The Morgan fingerprint density at radius 2 is 1.93 bits per heavy atom. The summed E-state index contributed by atoms with van der Waals surface area (Å²) in [6, 6.07) is 10.4. The molecule has 2 aromatic rings. The second-order valence-electron chi connectivity index (χ2n) is 7.64. The summed E-state index contributed by atoms with van der Waals surface area (Å²) >= 11 is 1.58. The first-order valence-corrected chi connectivity index (χ1v) is 12.5. The van der Waals surface area contributed by atoms with Crippen LogP contribution in [0.4, 0.5) is 5.69 Å². The van der Waals surface area contributed by atoms with Crippen LogP contribution < -0.4 is 10.2 Å². The summed E-state index contributed by atoms with van der Waals surface area (Å²) in [7, 11) is -3.69. The Balaban J connectivity index is 1.41. The average molecular weight is 448 g/mol. The molecule has 2 amide bonds. The minimum Gasteiger partial charge on any atom is -0.351 e. The molecule has 0 spiro atoms. The number of amides is 2. The van der Waals surface area contributed by atoms with Crippen LogP contribution in [0.15, 0.2) is 46.7 Å². The van der Waals surface area contributed by atoms with Gasteiger partial charge in [-0.05, 0) is 55.0 Å². The van der Waals surface area contributed by atoms with Crippen LogP contribution >= 0.6 is 11.3 Å². The lowest BCUT2D eigenvalue weighted by molar-refractivity contribution is -0.126. The van der Waals surface area contributed by atoms with Crippen LogP contribution in [0, 0.1) is 5.92 Å². The maximum Gasteiger partial charge on any atom is 0.243 e. The molecule has 7 nitrogen and oxygen atoms in total. The molecule has 160 valence electrons. The van der Waals surface area contributed by atoms with Crippen molar-refractivity contribution in [3.63, 3.8) is 0 Å². The molecule has 2 saturated heterocycles. The molecule has 0 unspecified atom stereocenters. The zero-order valence-electron chi connectivity index (χ0n) is 16.6. The van der Waals surface area contributed by atoms with E-state index < -0.39 is 10.0 Å². The normalized spacial score (nSPS) is 20.5. The number of anilines is 1. The van der Waals surface area contributed by atoms with Crippen LogP contribution in [0.25, 0.3) is 0 Å². The van der Waals surface area contributed by atoms with Gasteiger partial charge in [-0.15, -0.1) is 11.3 Å². The van der Waals surface area contributed by atoms with Crippen molar-refractivity contribution in [2.24, 2.45) is 5.92 Å². The number of rotatable bonds is 6. The summed E-state index contributed by atoms with van der Waals surface area (Å²) in [5.74, 6) is -0.390. The largest absolute Gasteiger partial charge is 0.351 e. The molecule has 2 aliphatic rings. The molecule has 0 radical (unpaired) electrons. The Hall–Kier alpha value is -2.23. The number of thiophene rings is 1. The summed E-state index contributed by atoms with van der Waals surface area (Å²) in [5.41, 5.74) is 0.723. The number of carbonyl (C=O) groups is 2. The lowest BCUT2D eigenvalue weighted by Gasteiger charge is -2.31. The van der Waals surface area contributed by atoms with Gasteiger partial charge in [0.25, 0.3) is 0 Å². The Kier molecular flexibility index (Phi) is 6.21. The number of nitrogens with zero attached hydrogens (tertiary/aromatic N) is 2. The number of hydrogen-bond acceptors (Lipinski definition) is 5. The van der Waals surface area contributed by atoms with Crippen molar-refractivity contribution in [2.45, 2.75) is 37.1 Å². The van der Waals surface area contributed by atoms with Gasteiger partial charge >= 0.3 is 0 Å². The predicted octanol–water partition coefficient (Wildman–Crippen LogP) is 2.59. The number of sulfonamides is 1. The fourth-order valence-electron chi connectivity index (χ4n) is 3.97. The topological polar surface area (TPSA) is 86.8 Å². The van der Waals surface area contributed by atoms with Crippen molar-refractivity contribution in [3.05, 3.63) is 46.7 Å². The number of nitrogens with one attached hydrogen (secondary N) is 1. The van der Waals surface area contributed by atoms with Gasteiger partial charge in [-0.2, -0.15) is 4.31 Å².